The zero-order chi connectivity index (χ0) is 15.4. The molecule has 2 rings (SSSR count). The molecule has 1 aromatic carbocycles. The summed E-state index contributed by atoms with van der Waals surface area (Å²) in [5, 5.41) is 14.3. The smallest absolute Gasteiger partial charge is 0.228 e. The van der Waals surface area contributed by atoms with E-state index >= 15 is 0 Å². The molecule has 21 heavy (non-hydrogen) atoms. The number of carbonyl (C=O) groups is 2. The van der Waals surface area contributed by atoms with Gasteiger partial charge < -0.3 is 10.6 Å². The Labute approximate surface area is 124 Å². The minimum atomic E-state index is -0.243. The van der Waals surface area contributed by atoms with Gasteiger partial charge in [0.15, 0.2) is 0 Å². The van der Waals surface area contributed by atoms with Gasteiger partial charge in [0.1, 0.15) is 0 Å². The molecule has 1 saturated carbocycles. The Balaban J connectivity index is 1.82. The predicted molar refractivity (Wildman–Crippen MR) is 79.2 cm³/mol. The Morgan fingerprint density at radius 2 is 1.86 bits per heavy atom. The first-order valence-corrected chi connectivity index (χ1v) is 7.10. The Kier molecular flexibility index (Phi) is 4.59. The normalized spacial score (nSPS) is 19.7. The molecular formula is C16H19N3O2. The summed E-state index contributed by atoms with van der Waals surface area (Å²) in [6, 6.07) is 8.69. The van der Waals surface area contributed by atoms with Crippen molar-refractivity contribution < 1.29 is 9.59 Å². The van der Waals surface area contributed by atoms with Gasteiger partial charge in [-0.15, -0.1) is 0 Å². The van der Waals surface area contributed by atoms with Gasteiger partial charge in [0.25, 0.3) is 0 Å². The topological polar surface area (TPSA) is 82.0 Å². The lowest BCUT2D eigenvalue weighted by Gasteiger charge is -2.07. The van der Waals surface area contributed by atoms with E-state index in [1.165, 1.54) is 0 Å². The molecule has 0 aliphatic heterocycles. The second kappa shape index (κ2) is 6.40. The molecule has 0 aromatic heterocycles. The quantitative estimate of drug-likeness (QED) is 0.867. The van der Waals surface area contributed by atoms with Crippen molar-refractivity contribution in [3.63, 3.8) is 0 Å². The standard InChI is InChI=1S/C16H19N3O2/c1-10(2)9-18-15(20)13-7-14(13)16(21)19-12-5-3-11(8-17)4-6-12/h3-6,10,13-14H,7,9H2,1-2H3,(H,18,20)(H,19,21). The van der Waals surface area contributed by atoms with Crippen LogP contribution < -0.4 is 10.6 Å². The van der Waals surface area contributed by atoms with Crippen molar-refractivity contribution >= 4 is 17.5 Å². The number of amides is 2. The predicted octanol–water partition coefficient (Wildman–Crippen LogP) is 1.91. The molecule has 5 nitrogen and oxygen atoms in total. The number of nitrogens with zero attached hydrogens (tertiary/aromatic N) is 1. The van der Waals surface area contributed by atoms with E-state index in [4.69, 9.17) is 5.26 Å². The summed E-state index contributed by atoms with van der Waals surface area (Å²) in [5.74, 6) is -0.221. The van der Waals surface area contributed by atoms with E-state index in [1.807, 2.05) is 19.9 Å². The summed E-state index contributed by atoms with van der Waals surface area (Å²) < 4.78 is 0. The third kappa shape index (κ3) is 4.06. The number of benzene rings is 1. The number of rotatable bonds is 5. The van der Waals surface area contributed by atoms with Crippen LogP contribution in [0.5, 0.6) is 0 Å². The van der Waals surface area contributed by atoms with Crippen LogP contribution in [0.15, 0.2) is 24.3 Å². The van der Waals surface area contributed by atoms with Crippen LogP contribution in [-0.2, 0) is 9.59 Å². The number of anilines is 1. The van der Waals surface area contributed by atoms with Gasteiger partial charge in [-0.3, -0.25) is 9.59 Å². The Morgan fingerprint density at radius 3 is 2.43 bits per heavy atom. The molecule has 110 valence electrons. The summed E-state index contributed by atoms with van der Waals surface area (Å²) in [6.45, 7) is 4.70. The minimum Gasteiger partial charge on any atom is -0.356 e. The summed E-state index contributed by atoms with van der Waals surface area (Å²) >= 11 is 0. The van der Waals surface area contributed by atoms with Crippen LogP contribution in [-0.4, -0.2) is 18.4 Å². The first kappa shape index (κ1) is 15.0. The highest BCUT2D eigenvalue weighted by atomic mass is 16.2. The molecule has 0 heterocycles. The van der Waals surface area contributed by atoms with Crippen molar-refractivity contribution in [1.82, 2.24) is 5.32 Å². The van der Waals surface area contributed by atoms with Crippen LogP contribution in [0.4, 0.5) is 5.69 Å². The maximum Gasteiger partial charge on any atom is 0.228 e. The molecule has 0 radical (unpaired) electrons. The molecule has 2 atom stereocenters. The first-order chi connectivity index (χ1) is 10.0. The Bertz CT molecular complexity index is 572. The van der Waals surface area contributed by atoms with Crippen LogP contribution in [0, 0.1) is 29.1 Å². The zero-order valence-electron chi connectivity index (χ0n) is 12.2. The lowest BCUT2D eigenvalue weighted by atomic mass is 10.2. The van der Waals surface area contributed by atoms with Crippen molar-refractivity contribution in [1.29, 1.82) is 5.26 Å². The van der Waals surface area contributed by atoms with Crippen LogP contribution in [0.3, 0.4) is 0 Å². The van der Waals surface area contributed by atoms with Crippen LogP contribution in [0.1, 0.15) is 25.8 Å². The van der Waals surface area contributed by atoms with Gasteiger partial charge in [-0.1, -0.05) is 13.8 Å². The Hall–Kier alpha value is -2.35. The molecule has 2 unspecified atom stereocenters. The molecule has 2 amide bonds. The van der Waals surface area contributed by atoms with Crippen molar-refractivity contribution in [2.24, 2.45) is 17.8 Å². The molecule has 2 N–H and O–H groups in total. The molecule has 1 aromatic rings. The molecular weight excluding hydrogens is 266 g/mol. The second-order valence-electron chi connectivity index (χ2n) is 5.77. The Morgan fingerprint density at radius 1 is 1.24 bits per heavy atom. The van der Waals surface area contributed by atoms with E-state index in [1.54, 1.807) is 24.3 Å². The lowest BCUT2D eigenvalue weighted by molar-refractivity contribution is -0.125. The van der Waals surface area contributed by atoms with Crippen LogP contribution in [0.25, 0.3) is 0 Å². The van der Waals surface area contributed by atoms with Crippen LogP contribution in [0.2, 0.25) is 0 Å². The molecule has 0 bridgehead atoms. The largest absolute Gasteiger partial charge is 0.356 e. The summed E-state index contributed by atoms with van der Waals surface area (Å²) in [5.41, 5.74) is 1.19. The fraction of sp³-hybridized carbons (Fsp3) is 0.438. The van der Waals surface area contributed by atoms with E-state index in [0.717, 1.165) is 0 Å². The number of nitrogens with one attached hydrogen (secondary N) is 2. The van der Waals surface area contributed by atoms with E-state index < -0.39 is 0 Å². The minimum absolute atomic E-state index is 0.0383. The van der Waals surface area contributed by atoms with E-state index in [-0.39, 0.29) is 23.7 Å². The molecule has 1 aliphatic rings. The molecule has 5 heteroatoms. The maximum atomic E-state index is 12.0. The molecule has 0 saturated heterocycles. The maximum absolute atomic E-state index is 12.0. The fourth-order valence-electron chi connectivity index (χ4n) is 2.07. The number of hydrogen-bond acceptors (Lipinski definition) is 3. The van der Waals surface area contributed by atoms with Gasteiger partial charge >= 0.3 is 0 Å². The van der Waals surface area contributed by atoms with E-state index in [0.29, 0.717) is 30.1 Å². The number of carbonyl (C=O) groups excluding carboxylic acids is 2. The summed E-state index contributed by atoms with van der Waals surface area (Å²) in [7, 11) is 0. The average Bonchev–Trinajstić information content (AvgIpc) is 3.26. The number of nitriles is 1. The highest BCUT2D eigenvalue weighted by molar-refractivity contribution is 5.99. The van der Waals surface area contributed by atoms with Crippen molar-refractivity contribution in [2.45, 2.75) is 20.3 Å². The van der Waals surface area contributed by atoms with Gasteiger partial charge in [-0.25, -0.2) is 0 Å². The van der Waals surface area contributed by atoms with Gasteiger partial charge in [0, 0.05) is 12.2 Å². The van der Waals surface area contributed by atoms with Crippen molar-refractivity contribution in [3.05, 3.63) is 29.8 Å². The van der Waals surface area contributed by atoms with Crippen molar-refractivity contribution in [3.8, 4) is 6.07 Å². The van der Waals surface area contributed by atoms with Gasteiger partial charge in [0.2, 0.25) is 11.8 Å². The van der Waals surface area contributed by atoms with E-state index in [9.17, 15) is 9.59 Å². The molecule has 1 fully saturated rings. The van der Waals surface area contributed by atoms with Crippen LogP contribution >= 0.6 is 0 Å². The molecule has 1 aliphatic carbocycles. The zero-order valence-corrected chi connectivity index (χ0v) is 12.2. The monoisotopic (exact) mass is 285 g/mol. The summed E-state index contributed by atoms with van der Waals surface area (Å²) in [6.07, 6.45) is 0.603. The number of hydrogen-bond donors (Lipinski definition) is 2. The average molecular weight is 285 g/mol. The second-order valence-corrected chi connectivity index (χ2v) is 5.77. The van der Waals surface area contributed by atoms with Crippen molar-refractivity contribution in [2.75, 3.05) is 11.9 Å². The van der Waals surface area contributed by atoms with Gasteiger partial charge in [0.05, 0.1) is 23.5 Å². The SMILES string of the molecule is CC(C)CNC(=O)C1CC1C(=O)Nc1ccc(C#N)cc1. The molecule has 0 spiro atoms. The van der Waals surface area contributed by atoms with E-state index in [2.05, 4.69) is 10.6 Å². The highest BCUT2D eigenvalue weighted by Crippen LogP contribution is 2.39. The first-order valence-electron chi connectivity index (χ1n) is 7.10. The van der Waals surface area contributed by atoms with Gasteiger partial charge in [-0.2, -0.15) is 5.26 Å². The lowest BCUT2D eigenvalue weighted by Crippen LogP contribution is -2.30. The summed E-state index contributed by atoms with van der Waals surface area (Å²) in [4.78, 5) is 23.9. The third-order valence-corrected chi connectivity index (χ3v) is 3.43. The third-order valence-electron chi connectivity index (χ3n) is 3.43. The fourth-order valence-corrected chi connectivity index (χ4v) is 2.07. The van der Waals surface area contributed by atoms with Gasteiger partial charge in [-0.05, 0) is 36.6 Å². The highest BCUT2D eigenvalue weighted by Gasteiger charge is 2.47.